The number of amides is 2. The van der Waals surface area contributed by atoms with Crippen molar-refractivity contribution >= 4 is 47.6 Å². The lowest BCUT2D eigenvalue weighted by atomic mass is 9.96. The Bertz CT molecular complexity index is 2070. The predicted molar refractivity (Wildman–Crippen MR) is 204 cm³/mol. The van der Waals surface area contributed by atoms with Gasteiger partial charge in [-0.3, -0.25) is 4.79 Å². The molecule has 276 valence electrons. The van der Waals surface area contributed by atoms with Crippen molar-refractivity contribution in [2.24, 2.45) is 0 Å². The third-order valence-corrected chi connectivity index (χ3v) is 11.9. The van der Waals surface area contributed by atoms with E-state index in [4.69, 9.17) is 24.2 Å². The molecule has 0 radical (unpaired) electrons. The molecular formula is C36H47N9O5SSi. The van der Waals surface area contributed by atoms with E-state index >= 15 is 0 Å². The Kier molecular flexibility index (Phi) is 10.5. The Morgan fingerprint density at radius 1 is 1.10 bits per heavy atom. The average Bonchev–Trinajstić information content (AvgIpc) is 3.85. The molecule has 2 N–H and O–H groups in total. The second kappa shape index (κ2) is 14.8. The number of carbonyl (C=O) groups excluding carboxylic acids is 1. The second-order valence-electron chi connectivity index (χ2n) is 15.5. The smallest absolute Gasteiger partial charge is 0.407 e. The van der Waals surface area contributed by atoms with Crippen molar-refractivity contribution in [3.8, 4) is 21.8 Å². The van der Waals surface area contributed by atoms with Crippen LogP contribution in [0.2, 0.25) is 25.7 Å². The standard InChI is InChI=1S/C36H47N9O5SSi/c1-22-17-24(9-10-25(22)23(2)40-31(46)32-41-33(42-50-32)36(3,4)5)29-26-18-27(45(30(26)39-20-38-29)21-49-15-16-52(6,7)8)28-19-37-34(51-28)43-11-13-44(14-12-43)35(47)48/h9-10,17-20,23H,11-16,21H2,1-8H3,(H,40,46)(H,47,48)/t23-/m1/s1. The van der Waals surface area contributed by atoms with Gasteiger partial charge in [0.2, 0.25) is 0 Å². The largest absolute Gasteiger partial charge is 0.465 e. The van der Waals surface area contributed by atoms with Crippen LogP contribution in [0, 0.1) is 6.92 Å². The summed E-state index contributed by atoms with van der Waals surface area (Å²) in [6.45, 7) is 19.9. The molecule has 1 aromatic carbocycles. The molecule has 5 aromatic rings. The SMILES string of the molecule is Cc1cc(-c2ncnc3c2cc(-c2cnc(N4CCN(C(=O)O)CC4)s2)n3COCC[Si](C)(C)C)ccc1[C@@H](C)NC(=O)c1nc(C(C)(C)C)no1. The highest BCUT2D eigenvalue weighted by Crippen LogP contribution is 2.38. The van der Waals surface area contributed by atoms with Crippen molar-refractivity contribution < 1.29 is 24.0 Å². The zero-order valence-corrected chi connectivity index (χ0v) is 32.9. The van der Waals surface area contributed by atoms with Crippen LogP contribution in [0.25, 0.3) is 32.9 Å². The van der Waals surface area contributed by atoms with Gasteiger partial charge in [-0.2, -0.15) is 4.98 Å². The molecular weight excluding hydrogens is 699 g/mol. The normalized spacial score (nSPS) is 14.6. The number of carbonyl (C=O) groups is 2. The van der Waals surface area contributed by atoms with E-state index in [1.165, 1.54) is 4.90 Å². The van der Waals surface area contributed by atoms with Gasteiger partial charge < -0.3 is 34.1 Å². The monoisotopic (exact) mass is 745 g/mol. The Balaban J connectivity index is 1.28. The van der Waals surface area contributed by atoms with Crippen LogP contribution in [0.15, 0.2) is 41.3 Å². The Morgan fingerprint density at radius 3 is 2.50 bits per heavy atom. The molecule has 0 saturated carbocycles. The lowest BCUT2D eigenvalue weighted by molar-refractivity contribution is 0.0894. The lowest BCUT2D eigenvalue weighted by Crippen LogP contribution is -2.48. The van der Waals surface area contributed by atoms with Gasteiger partial charge in [-0.15, -0.1) is 0 Å². The first-order valence-corrected chi connectivity index (χ1v) is 22.0. The molecule has 16 heteroatoms. The highest BCUT2D eigenvalue weighted by atomic mass is 32.1. The fourth-order valence-corrected chi connectivity index (χ4v) is 7.80. The number of fused-ring (bicyclic) bond motifs is 1. The van der Waals surface area contributed by atoms with Gasteiger partial charge in [0.05, 0.1) is 22.3 Å². The number of hydrogen-bond donors (Lipinski definition) is 2. The average molecular weight is 746 g/mol. The fraction of sp³-hybridized carbons (Fsp3) is 0.472. The van der Waals surface area contributed by atoms with Crippen molar-refractivity contribution in [1.82, 2.24) is 39.9 Å². The number of aromatic nitrogens is 6. The zero-order chi connectivity index (χ0) is 37.4. The van der Waals surface area contributed by atoms with Gasteiger partial charge in [-0.25, -0.2) is 19.7 Å². The summed E-state index contributed by atoms with van der Waals surface area (Å²) < 4.78 is 13.6. The second-order valence-corrected chi connectivity index (χ2v) is 22.1. The van der Waals surface area contributed by atoms with Crippen LogP contribution in [0.5, 0.6) is 0 Å². The maximum Gasteiger partial charge on any atom is 0.407 e. The molecule has 14 nitrogen and oxygen atoms in total. The summed E-state index contributed by atoms with van der Waals surface area (Å²) in [6, 6.07) is 8.94. The summed E-state index contributed by atoms with van der Waals surface area (Å²) in [7, 11) is -1.29. The lowest BCUT2D eigenvalue weighted by Gasteiger charge is -2.32. The molecule has 4 aromatic heterocycles. The molecule has 0 aliphatic carbocycles. The maximum absolute atomic E-state index is 13.0. The van der Waals surface area contributed by atoms with E-state index in [2.05, 4.69) is 56.7 Å². The van der Waals surface area contributed by atoms with Gasteiger partial charge in [-0.05, 0) is 43.2 Å². The Hall–Kier alpha value is -4.67. The number of rotatable bonds is 11. The molecule has 1 atom stereocenters. The van der Waals surface area contributed by atoms with Crippen LogP contribution in [0.1, 0.15) is 61.4 Å². The molecule has 6 rings (SSSR count). The van der Waals surface area contributed by atoms with Gasteiger partial charge in [0.1, 0.15) is 18.7 Å². The number of thiazole rings is 1. The van der Waals surface area contributed by atoms with E-state index in [-0.39, 0.29) is 17.3 Å². The molecule has 5 heterocycles. The van der Waals surface area contributed by atoms with Crippen LogP contribution >= 0.6 is 11.3 Å². The van der Waals surface area contributed by atoms with Crippen LogP contribution < -0.4 is 10.2 Å². The van der Waals surface area contributed by atoms with E-state index in [0.717, 1.165) is 55.2 Å². The highest BCUT2D eigenvalue weighted by molar-refractivity contribution is 7.18. The summed E-state index contributed by atoms with van der Waals surface area (Å²) in [6.07, 6.45) is 2.56. The topological polar surface area (TPSA) is 165 Å². The summed E-state index contributed by atoms with van der Waals surface area (Å²) >= 11 is 1.57. The molecule has 1 saturated heterocycles. The van der Waals surface area contributed by atoms with E-state index < -0.39 is 20.1 Å². The Morgan fingerprint density at radius 2 is 1.85 bits per heavy atom. The molecule has 1 aliphatic heterocycles. The van der Waals surface area contributed by atoms with Crippen molar-refractivity contribution in [2.45, 2.75) is 78.5 Å². The zero-order valence-electron chi connectivity index (χ0n) is 31.1. The molecule has 1 fully saturated rings. The molecule has 0 bridgehead atoms. The third-order valence-electron chi connectivity index (χ3n) is 9.12. The minimum Gasteiger partial charge on any atom is -0.465 e. The number of piperazine rings is 1. The number of anilines is 1. The number of hydrogen-bond acceptors (Lipinski definition) is 11. The van der Waals surface area contributed by atoms with Gasteiger partial charge in [0, 0.05) is 63.4 Å². The number of ether oxygens (including phenoxy) is 1. The van der Waals surface area contributed by atoms with Gasteiger partial charge in [-0.1, -0.05) is 69.0 Å². The number of nitrogens with one attached hydrogen (secondary N) is 1. The van der Waals surface area contributed by atoms with E-state index in [1.54, 1.807) is 17.7 Å². The third kappa shape index (κ3) is 8.18. The molecule has 1 aliphatic rings. The molecule has 0 spiro atoms. The van der Waals surface area contributed by atoms with Gasteiger partial charge in [0.25, 0.3) is 0 Å². The number of aryl methyl sites for hydroxylation is 1. The Labute approximate surface area is 308 Å². The van der Waals surface area contributed by atoms with Crippen LogP contribution in [-0.4, -0.2) is 92.5 Å². The highest BCUT2D eigenvalue weighted by Gasteiger charge is 2.27. The summed E-state index contributed by atoms with van der Waals surface area (Å²) in [4.78, 5) is 47.5. The molecule has 0 unspecified atom stereocenters. The number of benzene rings is 1. The van der Waals surface area contributed by atoms with E-state index in [9.17, 15) is 14.7 Å². The number of carboxylic acid groups (broad SMARTS) is 1. The van der Waals surface area contributed by atoms with Gasteiger partial charge >= 0.3 is 17.9 Å². The van der Waals surface area contributed by atoms with Crippen molar-refractivity contribution in [2.75, 3.05) is 37.7 Å². The summed E-state index contributed by atoms with van der Waals surface area (Å²) in [5, 5.41) is 18.1. The summed E-state index contributed by atoms with van der Waals surface area (Å²) in [5.74, 6) is -0.0110. The predicted octanol–water partition coefficient (Wildman–Crippen LogP) is 6.81. The fourth-order valence-electron chi connectivity index (χ4n) is 6.05. The molecule has 2 amide bonds. The first-order chi connectivity index (χ1) is 24.6. The van der Waals surface area contributed by atoms with Crippen LogP contribution in [0.4, 0.5) is 9.93 Å². The minimum atomic E-state index is -1.29. The van der Waals surface area contributed by atoms with E-state index in [1.807, 2.05) is 52.9 Å². The van der Waals surface area contributed by atoms with Crippen molar-refractivity contribution in [3.05, 3.63) is 59.6 Å². The first-order valence-electron chi connectivity index (χ1n) is 17.5. The van der Waals surface area contributed by atoms with Gasteiger partial charge in [0.15, 0.2) is 11.0 Å². The first kappa shape index (κ1) is 37.1. The number of nitrogens with zero attached hydrogens (tertiary/aromatic N) is 8. The summed E-state index contributed by atoms with van der Waals surface area (Å²) in [5.41, 5.74) is 5.00. The quantitative estimate of drug-likeness (QED) is 0.108. The van der Waals surface area contributed by atoms with Crippen molar-refractivity contribution in [1.29, 1.82) is 0 Å². The van der Waals surface area contributed by atoms with Crippen molar-refractivity contribution in [3.63, 3.8) is 0 Å². The maximum atomic E-state index is 13.0. The minimum absolute atomic E-state index is 0.0620. The molecule has 52 heavy (non-hydrogen) atoms. The van der Waals surface area contributed by atoms with Crippen LogP contribution in [-0.2, 0) is 16.9 Å². The van der Waals surface area contributed by atoms with Crippen LogP contribution in [0.3, 0.4) is 0 Å². The van der Waals surface area contributed by atoms with E-state index in [0.29, 0.717) is 45.3 Å².